The van der Waals surface area contributed by atoms with Gasteiger partial charge in [-0.2, -0.15) is 0 Å². The van der Waals surface area contributed by atoms with Crippen molar-refractivity contribution in [2.24, 2.45) is 0 Å². The number of rotatable bonds is 4. The summed E-state index contributed by atoms with van der Waals surface area (Å²) in [6, 6.07) is 5.09. The van der Waals surface area contributed by atoms with E-state index in [0.717, 1.165) is 0 Å². The molecule has 0 saturated carbocycles. The number of amides is 1. The van der Waals surface area contributed by atoms with Gasteiger partial charge in [0, 0.05) is 29.3 Å². The van der Waals surface area contributed by atoms with Crippen molar-refractivity contribution >= 4 is 27.5 Å². The number of nitrogens with two attached hydrogens (primary N) is 1. The first-order valence-electron chi connectivity index (χ1n) is 5.40. The zero-order chi connectivity index (χ0) is 13.0. The van der Waals surface area contributed by atoms with E-state index in [4.69, 9.17) is 5.73 Å². The van der Waals surface area contributed by atoms with E-state index in [9.17, 15) is 9.90 Å². The minimum absolute atomic E-state index is 0.0775. The van der Waals surface area contributed by atoms with E-state index in [0.29, 0.717) is 28.7 Å². The molecule has 1 rings (SSSR count). The average molecular weight is 301 g/mol. The summed E-state index contributed by atoms with van der Waals surface area (Å²) in [5, 5.41) is 9.17. The van der Waals surface area contributed by atoms with Crippen LogP contribution in [-0.2, 0) is 0 Å². The molecule has 0 saturated heterocycles. The number of carbonyl (C=O) groups excluding carboxylic acids is 1. The third-order valence-corrected chi connectivity index (χ3v) is 3.16. The van der Waals surface area contributed by atoms with Crippen molar-refractivity contribution in [2.75, 3.05) is 19.3 Å². The number of hydrogen-bond acceptors (Lipinski definition) is 3. The van der Waals surface area contributed by atoms with Crippen LogP contribution in [-0.4, -0.2) is 35.6 Å². The van der Waals surface area contributed by atoms with Crippen LogP contribution < -0.4 is 5.73 Å². The first kappa shape index (κ1) is 14.0. The third-order valence-electron chi connectivity index (χ3n) is 2.48. The van der Waals surface area contributed by atoms with Crippen LogP contribution in [0.25, 0.3) is 0 Å². The van der Waals surface area contributed by atoms with E-state index >= 15 is 0 Å². The number of nitrogen functional groups attached to an aromatic ring is 1. The fourth-order valence-corrected chi connectivity index (χ4v) is 1.74. The van der Waals surface area contributed by atoms with Gasteiger partial charge in [0.2, 0.25) is 0 Å². The Morgan fingerprint density at radius 2 is 2.24 bits per heavy atom. The summed E-state index contributed by atoms with van der Waals surface area (Å²) in [5.74, 6) is -0.0775. The molecule has 0 spiro atoms. The van der Waals surface area contributed by atoms with E-state index in [1.807, 2.05) is 0 Å². The molecule has 0 heterocycles. The molecule has 0 aromatic heterocycles. The number of anilines is 1. The first-order valence-corrected chi connectivity index (χ1v) is 6.19. The highest BCUT2D eigenvalue weighted by Gasteiger charge is 2.13. The Morgan fingerprint density at radius 1 is 1.59 bits per heavy atom. The first-order chi connectivity index (χ1) is 7.91. The van der Waals surface area contributed by atoms with Crippen molar-refractivity contribution < 1.29 is 9.90 Å². The molecule has 5 heteroatoms. The predicted molar refractivity (Wildman–Crippen MR) is 71.8 cm³/mol. The zero-order valence-electron chi connectivity index (χ0n) is 9.98. The smallest absolute Gasteiger partial charge is 0.253 e. The van der Waals surface area contributed by atoms with Crippen molar-refractivity contribution in [3.63, 3.8) is 0 Å². The molecule has 1 atom stereocenters. The molecule has 0 radical (unpaired) electrons. The molecule has 3 N–H and O–H groups in total. The van der Waals surface area contributed by atoms with Crippen molar-refractivity contribution in [1.82, 2.24) is 4.90 Å². The summed E-state index contributed by atoms with van der Waals surface area (Å²) in [6.45, 7) is 2.23. The van der Waals surface area contributed by atoms with Gasteiger partial charge in [0.1, 0.15) is 0 Å². The number of aliphatic hydroxyl groups is 1. The Bertz CT molecular complexity index is 407. The lowest BCUT2D eigenvalue weighted by atomic mass is 10.1. The second kappa shape index (κ2) is 6.02. The summed E-state index contributed by atoms with van der Waals surface area (Å²) in [5.41, 5.74) is 6.85. The Hall–Kier alpha value is -1.07. The number of aliphatic hydroxyl groups excluding tert-OH is 1. The Balaban J connectivity index is 2.71. The molecule has 0 aliphatic rings. The van der Waals surface area contributed by atoms with Crippen LogP contribution in [0.4, 0.5) is 5.69 Å². The predicted octanol–water partition coefficient (Wildman–Crippen LogP) is 1.87. The minimum atomic E-state index is -0.400. The van der Waals surface area contributed by atoms with Crippen molar-refractivity contribution in [3.8, 4) is 0 Å². The number of hydrogen-bond donors (Lipinski definition) is 2. The highest BCUT2D eigenvalue weighted by molar-refractivity contribution is 9.10. The standard InChI is InChI=1S/C12H17BrN2O2/c1-8(16)5-6-15(2)12(17)9-3-4-11(14)10(13)7-9/h3-4,7-8,16H,5-6,14H2,1-2H3. The lowest BCUT2D eigenvalue weighted by Gasteiger charge is -2.18. The van der Waals surface area contributed by atoms with Gasteiger partial charge in [0.05, 0.1) is 6.10 Å². The topological polar surface area (TPSA) is 66.6 Å². The van der Waals surface area contributed by atoms with Gasteiger partial charge in [0.25, 0.3) is 5.91 Å². The maximum absolute atomic E-state index is 12.0. The van der Waals surface area contributed by atoms with Gasteiger partial charge < -0.3 is 15.7 Å². The fraction of sp³-hybridized carbons (Fsp3) is 0.417. The molecule has 1 aromatic rings. The second-order valence-electron chi connectivity index (χ2n) is 4.10. The van der Waals surface area contributed by atoms with Crippen LogP contribution in [0.2, 0.25) is 0 Å². The van der Waals surface area contributed by atoms with Crippen molar-refractivity contribution in [2.45, 2.75) is 19.4 Å². The summed E-state index contributed by atoms with van der Waals surface area (Å²) in [4.78, 5) is 13.6. The summed E-state index contributed by atoms with van der Waals surface area (Å²) >= 11 is 3.29. The number of carbonyl (C=O) groups is 1. The molecule has 4 nitrogen and oxygen atoms in total. The van der Waals surface area contributed by atoms with Crippen molar-refractivity contribution in [3.05, 3.63) is 28.2 Å². The number of halogens is 1. The van der Waals surface area contributed by atoms with Crippen LogP contribution in [0.5, 0.6) is 0 Å². The van der Waals surface area contributed by atoms with Crippen LogP contribution in [0.1, 0.15) is 23.7 Å². The number of nitrogens with zero attached hydrogens (tertiary/aromatic N) is 1. The largest absolute Gasteiger partial charge is 0.398 e. The fourth-order valence-electron chi connectivity index (χ4n) is 1.36. The average Bonchev–Trinajstić information content (AvgIpc) is 2.28. The lowest BCUT2D eigenvalue weighted by molar-refractivity contribution is 0.0769. The summed E-state index contributed by atoms with van der Waals surface area (Å²) < 4.78 is 0.715. The van der Waals surface area contributed by atoms with E-state index in [2.05, 4.69) is 15.9 Å². The van der Waals surface area contributed by atoms with E-state index in [-0.39, 0.29) is 5.91 Å². The normalized spacial score (nSPS) is 12.2. The highest BCUT2D eigenvalue weighted by atomic mass is 79.9. The molecular weight excluding hydrogens is 284 g/mol. The van der Waals surface area contributed by atoms with E-state index in [1.54, 1.807) is 37.1 Å². The zero-order valence-corrected chi connectivity index (χ0v) is 11.6. The summed E-state index contributed by atoms with van der Waals surface area (Å²) in [7, 11) is 1.72. The van der Waals surface area contributed by atoms with Gasteiger partial charge >= 0.3 is 0 Å². The Labute approximate surface area is 110 Å². The van der Waals surface area contributed by atoms with Crippen molar-refractivity contribution in [1.29, 1.82) is 0 Å². The highest BCUT2D eigenvalue weighted by Crippen LogP contribution is 2.21. The summed E-state index contributed by atoms with van der Waals surface area (Å²) in [6.07, 6.45) is 0.168. The van der Waals surface area contributed by atoms with Gasteiger partial charge in [-0.25, -0.2) is 0 Å². The molecule has 94 valence electrons. The molecule has 0 aliphatic heterocycles. The number of benzene rings is 1. The molecule has 0 aliphatic carbocycles. The Morgan fingerprint density at radius 3 is 2.76 bits per heavy atom. The molecule has 1 aromatic carbocycles. The van der Waals surface area contributed by atoms with Gasteiger partial charge in [-0.15, -0.1) is 0 Å². The second-order valence-corrected chi connectivity index (χ2v) is 4.96. The van der Waals surface area contributed by atoms with E-state index in [1.165, 1.54) is 0 Å². The monoisotopic (exact) mass is 300 g/mol. The maximum Gasteiger partial charge on any atom is 0.253 e. The van der Waals surface area contributed by atoms with Crippen LogP contribution >= 0.6 is 15.9 Å². The van der Waals surface area contributed by atoms with Crippen LogP contribution in [0.15, 0.2) is 22.7 Å². The van der Waals surface area contributed by atoms with Crippen LogP contribution in [0.3, 0.4) is 0 Å². The molecule has 1 unspecified atom stereocenters. The quantitative estimate of drug-likeness (QED) is 0.834. The molecule has 1 amide bonds. The van der Waals surface area contributed by atoms with E-state index < -0.39 is 6.10 Å². The SMILES string of the molecule is CC(O)CCN(C)C(=O)c1ccc(N)c(Br)c1. The maximum atomic E-state index is 12.0. The molecule has 17 heavy (non-hydrogen) atoms. The molecule has 0 fully saturated rings. The van der Waals surface area contributed by atoms with Crippen LogP contribution in [0, 0.1) is 0 Å². The Kier molecular flexibility index (Phi) is 4.96. The molecular formula is C12H17BrN2O2. The van der Waals surface area contributed by atoms with Gasteiger partial charge in [-0.3, -0.25) is 4.79 Å². The molecule has 0 bridgehead atoms. The van der Waals surface area contributed by atoms with Gasteiger partial charge in [-0.1, -0.05) is 0 Å². The minimum Gasteiger partial charge on any atom is -0.398 e. The van der Waals surface area contributed by atoms with Gasteiger partial charge in [-0.05, 0) is 47.5 Å². The third kappa shape index (κ3) is 4.02. The van der Waals surface area contributed by atoms with Gasteiger partial charge in [0.15, 0.2) is 0 Å². The lowest BCUT2D eigenvalue weighted by Crippen LogP contribution is -2.29.